The Hall–Kier alpha value is -6.58. The number of ether oxygens (including phenoxy) is 4. The number of hydrogen-bond acceptors (Lipinski definition) is 9. The summed E-state index contributed by atoms with van der Waals surface area (Å²) in [5, 5.41) is 18.7. The first-order chi connectivity index (χ1) is 26.6. The Morgan fingerprint density at radius 3 is 1.30 bits per heavy atom. The molecule has 0 atom stereocenters. The second-order valence-corrected chi connectivity index (χ2v) is 11.6. The van der Waals surface area contributed by atoms with E-state index < -0.39 is 0 Å². The van der Waals surface area contributed by atoms with Crippen LogP contribution in [0.5, 0.6) is 51.7 Å². The van der Waals surface area contributed by atoms with Gasteiger partial charge in [-0.3, -0.25) is 14.4 Å². The van der Waals surface area contributed by atoms with E-state index in [0.717, 1.165) is 11.5 Å². The molecule has 9 nitrogen and oxygen atoms in total. The average molecular weight is 779 g/mol. The predicted octanol–water partition coefficient (Wildman–Crippen LogP) is 12.6. The summed E-state index contributed by atoms with van der Waals surface area (Å²) >= 11 is 4.82. The van der Waals surface area contributed by atoms with Gasteiger partial charge >= 0.3 is 5.97 Å². The molecule has 292 valence electrons. The average Bonchev–Trinajstić information content (AvgIpc) is 3.20. The Balaban J connectivity index is 0.000000273. The number of phenolic OH excluding ortho intramolecular Hbond substituents is 2. The lowest BCUT2D eigenvalue weighted by Crippen LogP contribution is -2.05. The number of carbonyl (C=O) groups is 3. The van der Waals surface area contributed by atoms with Gasteiger partial charge in [0.05, 0.1) is 5.56 Å². The van der Waals surface area contributed by atoms with Crippen LogP contribution in [0.25, 0.3) is 0 Å². The zero-order chi connectivity index (χ0) is 39.8. The lowest BCUT2D eigenvalue weighted by Gasteiger charge is -2.07. The van der Waals surface area contributed by atoms with Crippen LogP contribution in [0.4, 0.5) is 0 Å². The van der Waals surface area contributed by atoms with Crippen molar-refractivity contribution in [3.8, 4) is 51.7 Å². The zero-order valence-corrected chi connectivity index (χ0v) is 31.5. The maximum absolute atomic E-state index is 11.5. The first-order valence-electron chi connectivity index (χ1n) is 17.4. The number of ketones is 1. The Labute approximate surface area is 333 Å². The van der Waals surface area contributed by atoms with Crippen molar-refractivity contribution in [2.45, 2.75) is 47.5 Å². The Kier molecular flexibility index (Phi) is 20.7. The highest BCUT2D eigenvalue weighted by atomic mass is 35.5. The fourth-order valence-corrected chi connectivity index (χ4v) is 4.23. The molecule has 56 heavy (non-hydrogen) atoms. The summed E-state index contributed by atoms with van der Waals surface area (Å²) < 4.78 is 21.8. The number of aromatic hydroxyl groups is 2. The van der Waals surface area contributed by atoms with Crippen molar-refractivity contribution >= 4 is 28.6 Å². The van der Waals surface area contributed by atoms with Crippen molar-refractivity contribution in [3.63, 3.8) is 0 Å². The van der Waals surface area contributed by atoms with Crippen LogP contribution < -0.4 is 18.9 Å². The van der Waals surface area contributed by atoms with E-state index in [1.807, 2.05) is 97.1 Å². The summed E-state index contributed by atoms with van der Waals surface area (Å²) in [7, 11) is 0. The minimum Gasteiger partial charge on any atom is -0.508 e. The number of carbonyl (C=O) groups excluding carboxylic acids is 3. The topological polar surface area (TPSA) is 129 Å². The van der Waals surface area contributed by atoms with E-state index in [4.69, 9.17) is 30.5 Å². The monoisotopic (exact) mass is 778 g/mol. The molecule has 0 bridgehead atoms. The van der Waals surface area contributed by atoms with Crippen molar-refractivity contribution in [3.05, 3.63) is 163 Å². The minimum absolute atomic E-state index is 0. The van der Waals surface area contributed by atoms with E-state index >= 15 is 0 Å². The van der Waals surface area contributed by atoms with Gasteiger partial charge in [-0.15, -0.1) is 0 Å². The normalized spacial score (nSPS) is 9.50. The molecule has 0 aliphatic heterocycles. The molecule has 2 N–H and O–H groups in total. The van der Waals surface area contributed by atoms with Gasteiger partial charge in [0.15, 0.2) is 5.78 Å². The molecular weight excluding hydrogens is 732 g/mol. The fourth-order valence-electron chi connectivity index (χ4n) is 4.23. The fraction of sp³-hybridized carbons (Fsp3) is 0.152. The number of para-hydroxylation sites is 3. The molecule has 0 aromatic heterocycles. The third-order valence-electron chi connectivity index (χ3n) is 6.95. The lowest BCUT2D eigenvalue weighted by atomic mass is 10.1. The molecule has 6 aromatic rings. The van der Waals surface area contributed by atoms with Crippen LogP contribution >= 0.6 is 11.6 Å². The van der Waals surface area contributed by atoms with Crippen molar-refractivity contribution in [1.82, 2.24) is 0 Å². The highest BCUT2D eigenvalue weighted by Crippen LogP contribution is 2.29. The molecule has 0 fully saturated rings. The molecular formula is C46H47ClO9. The van der Waals surface area contributed by atoms with Gasteiger partial charge in [-0.25, -0.2) is 0 Å². The van der Waals surface area contributed by atoms with Gasteiger partial charge in [0, 0.05) is 37.5 Å². The highest BCUT2D eigenvalue weighted by Gasteiger charge is 2.10. The van der Waals surface area contributed by atoms with Gasteiger partial charge in [0.25, 0.3) is 0 Å². The van der Waals surface area contributed by atoms with Crippen molar-refractivity contribution in [2.75, 3.05) is 0 Å². The quantitative estimate of drug-likeness (QED) is 0.0571. The summed E-state index contributed by atoms with van der Waals surface area (Å²) in [5.41, 5.74) is 0.331. The second kappa shape index (κ2) is 25.4. The highest BCUT2D eigenvalue weighted by molar-refractivity contribution is 6.63. The summed E-state index contributed by atoms with van der Waals surface area (Å²) in [6.45, 7) is 5.23. The van der Waals surface area contributed by atoms with E-state index in [-0.39, 0.29) is 35.9 Å². The maximum atomic E-state index is 11.5. The van der Waals surface area contributed by atoms with Crippen LogP contribution in [-0.2, 0) is 9.59 Å². The first-order valence-corrected chi connectivity index (χ1v) is 17.8. The molecule has 10 heteroatoms. The first kappa shape index (κ1) is 45.6. The standard InChI is InChI=1S/2C15H14O3.C12H10O2.C3H5ClO.CH4/c1-2-15(16)18-14-10-6-9-13(11-14)17-12-7-4-3-5-8-12;1-2-14(16)13-9-8-12(10-15(13)17)18-11-6-4-3-5-7-11;13-10-5-4-8-12(9-10)14-11-6-2-1-3-7-11;1-2-3(4)5;/h3-11H,2H2,1H3;3-10,17H,2H2,1H3;1-9,13H;2H2,1H3;1H4. The summed E-state index contributed by atoms with van der Waals surface area (Å²) in [5.74, 6) is 4.29. The third kappa shape index (κ3) is 17.5. The molecule has 0 aliphatic carbocycles. The van der Waals surface area contributed by atoms with Crippen LogP contribution in [0, 0.1) is 0 Å². The largest absolute Gasteiger partial charge is 0.508 e. The van der Waals surface area contributed by atoms with Gasteiger partial charge in [-0.1, -0.05) is 94.9 Å². The summed E-state index contributed by atoms with van der Waals surface area (Å²) in [6.07, 6.45) is 1.15. The number of esters is 1. The Morgan fingerprint density at radius 1 is 0.482 bits per heavy atom. The molecule has 0 saturated heterocycles. The summed E-state index contributed by atoms with van der Waals surface area (Å²) in [4.78, 5) is 32.3. The van der Waals surface area contributed by atoms with Gasteiger partial charge < -0.3 is 29.2 Å². The van der Waals surface area contributed by atoms with Gasteiger partial charge in [-0.05, 0) is 84.4 Å². The number of phenols is 2. The van der Waals surface area contributed by atoms with Crippen LogP contribution in [-0.4, -0.2) is 27.2 Å². The van der Waals surface area contributed by atoms with Crippen molar-refractivity contribution < 1.29 is 43.5 Å². The summed E-state index contributed by atoms with van der Waals surface area (Å²) in [6, 6.07) is 46.6. The smallest absolute Gasteiger partial charge is 0.310 e. The Bertz CT molecular complexity index is 2050. The molecule has 0 amide bonds. The Morgan fingerprint density at radius 2 is 0.893 bits per heavy atom. The number of Topliss-reactive ketones (excluding diaryl/α,β-unsaturated/α-hetero) is 1. The maximum Gasteiger partial charge on any atom is 0.310 e. The third-order valence-corrected chi connectivity index (χ3v) is 7.22. The van der Waals surface area contributed by atoms with Crippen LogP contribution in [0.2, 0.25) is 0 Å². The molecule has 0 aliphatic rings. The number of hydrogen-bond donors (Lipinski definition) is 2. The lowest BCUT2D eigenvalue weighted by molar-refractivity contribution is -0.134. The van der Waals surface area contributed by atoms with Gasteiger partial charge in [-0.2, -0.15) is 0 Å². The van der Waals surface area contributed by atoms with E-state index in [0.29, 0.717) is 53.6 Å². The van der Waals surface area contributed by atoms with Crippen LogP contribution in [0.3, 0.4) is 0 Å². The van der Waals surface area contributed by atoms with E-state index in [9.17, 15) is 24.6 Å². The van der Waals surface area contributed by atoms with Crippen LogP contribution in [0.1, 0.15) is 57.8 Å². The van der Waals surface area contributed by atoms with Crippen LogP contribution in [0.15, 0.2) is 158 Å². The molecule has 0 spiro atoms. The number of halogens is 1. The predicted molar refractivity (Wildman–Crippen MR) is 221 cm³/mol. The molecule has 6 rings (SSSR count). The molecule has 0 unspecified atom stereocenters. The van der Waals surface area contributed by atoms with Gasteiger partial charge in [0.1, 0.15) is 51.7 Å². The second-order valence-electron chi connectivity index (χ2n) is 11.2. The van der Waals surface area contributed by atoms with Crippen molar-refractivity contribution in [2.24, 2.45) is 0 Å². The number of rotatable bonds is 11. The van der Waals surface area contributed by atoms with Crippen molar-refractivity contribution in [1.29, 1.82) is 0 Å². The molecule has 0 radical (unpaired) electrons. The number of benzene rings is 6. The molecule has 0 saturated carbocycles. The molecule has 6 aromatic carbocycles. The minimum atomic E-state index is -0.273. The van der Waals surface area contributed by atoms with E-state index in [2.05, 4.69) is 0 Å². The molecule has 0 heterocycles. The van der Waals surface area contributed by atoms with E-state index in [1.165, 1.54) is 6.07 Å². The SMILES string of the molecule is C.CCC(=O)Cl.CCC(=O)Oc1cccc(Oc2ccccc2)c1.CCC(=O)c1ccc(Oc2ccccc2)cc1O.Oc1cccc(Oc2ccccc2)c1. The van der Waals surface area contributed by atoms with Gasteiger partial charge in [0.2, 0.25) is 5.24 Å². The zero-order valence-electron chi connectivity index (χ0n) is 30.8. The van der Waals surface area contributed by atoms with E-state index in [1.54, 1.807) is 75.4 Å².